The highest BCUT2D eigenvalue weighted by atomic mass is 35.5. The van der Waals surface area contributed by atoms with Crippen molar-refractivity contribution in [3.05, 3.63) is 46.5 Å². The summed E-state index contributed by atoms with van der Waals surface area (Å²) in [5.41, 5.74) is 3.53. The zero-order valence-corrected chi connectivity index (χ0v) is 16.8. The van der Waals surface area contributed by atoms with Crippen molar-refractivity contribution in [2.75, 3.05) is 17.2 Å². The quantitative estimate of drug-likeness (QED) is 0.745. The minimum atomic E-state index is -0.473. The Morgan fingerprint density at radius 3 is 2.85 bits per heavy atom. The molecule has 0 aromatic heterocycles. The number of benzene rings is 2. The van der Waals surface area contributed by atoms with Gasteiger partial charge in [0.2, 0.25) is 5.91 Å². The maximum Gasteiger partial charge on any atom is 0.246 e. The van der Waals surface area contributed by atoms with Crippen LogP contribution < -0.4 is 20.1 Å². The van der Waals surface area contributed by atoms with E-state index in [2.05, 4.69) is 10.6 Å². The summed E-state index contributed by atoms with van der Waals surface area (Å²) in [4.78, 5) is 12.6. The zero-order valence-electron chi connectivity index (χ0n) is 16.1. The lowest BCUT2D eigenvalue weighted by molar-refractivity contribution is -0.116. The summed E-state index contributed by atoms with van der Waals surface area (Å²) in [5.74, 6) is 1.41. The number of fused-ring (bicyclic) bond motifs is 1. The van der Waals surface area contributed by atoms with E-state index in [4.69, 9.17) is 21.1 Å². The molecule has 0 bridgehead atoms. The van der Waals surface area contributed by atoms with Crippen molar-refractivity contribution in [3.63, 3.8) is 0 Å². The van der Waals surface area contributed by atoms with Crippen LogP contribution in [-0.2, 0) is 11.2 Å². The highest BCUT2D eigenvalue weighted by molar-refractivity contribution is 6.31. The average molecular weight is 389 g/mol. The summed E-state index contributed by atoms with van der Waals surface area (Å²) in [6.45, 7) is 8.26. The largest absolute Gasteiger partial charge is 0.492 e. The number of nitrogens with one attached hydrogen (secondary N) is 2. The molecule has 6 heteroatoms. The Morgan fingerprint density at radius 1 is 1.33 bits per heavy atom. The summed E-state index contributed by atoms with van der Waals surface area (Å²) in [6.07, 6.45) is 1.01. The van der Waals surface area contributed by atoms with Gasteiger partial charge in [0, 0.05) is 28.8 Å². The van der Waals surface area contributed by atoms with Crippen LogP contribution in [0.15, 0.2) is 30.3 Å². The Hall–Kier alpha value is -2.40. The number of ether oxygens (including phenoxy) is 2. The number of carbonyl (C=O) groups is 1. The Kier molecular flexibility index (Phi) is 5.80. The van der Waals surface area contributed by atoms with E-state index in [0.717, 1.165) is 34.7 Å². The van der Waals surface area contributed by atoms with Crippen molar-refractivity contribution in [3.8, 4) is 11.5 Å². The molecule has 0 aliphatic carbocycles. The third-order valence-corrected chi connectivity index (χ3v) is 4.76. The normalized spacial score (nSPS) is 16.3. The van der Waals surface area contributed by atoms with Gasteiger partial charge in [-0.3, -0.25) is 4.79 Å². The second-order valence-electron chi connectivity index (χ2n) is 6.84. The second kappa shape index (κ2) is 8.09. The molecule has 1 heterocycles. The van der Waals surface area contributed by atoms with Gasteiger partial charge in [0.25, 0.3) is 0 Å². The summed E-state index contributed by atoms with van der Waals surface area (Å²) in [5, 5.41) is 6.75. The van der Waals surface area contributed by atoms with Crippen LogP contribution in [0.5, 0.6) is 11.5 Å². The molecule has 2 N–H and O–H groups in total. The third kappa shape index (κ3) is 4.48. The van der Waals surface area contributed by atoms with Crippen molar-refractivity contribution < 1.29 is 14.3 Å². The van der Waals surface area contributed by atoms with Crippen LogP contribution in [-0.4, -0.2) is 24.7 Å². The topological polar surface area (TPSA) is 59.6 Å². The van der Waals surface area contributed by atoms with Crippen molar-refractivity contribution >= 4 is 28.9 Å². The lowest BCUT2D eigenvalue weighted by atomic mass is 10.1. The van der Waals surface area contributed by atoms with Gasteiger partial charge < -0.3 is 20.1 Å². The van der Waals surface area contributed by atoms with Crippen LogP contribution in [0.4, 0.5) is 11.4 Å². The highest BCUT2D eigenvalue weighted by Gasteiger charge is 2.23. The Balaban J connectivity index is 1.76. The molecule has 2 aromatic rings. The van der Waals surface area contributed by atoms with Crippen LogP contribution in [0.3, 0.4) is 0 Å². The molecule has 1 aliphatic heterocycles. The van der Waals surface area contributed by atoms with Gasteiger partial charge in [-0.05, 0) is 51.5 Å². The molecule has 0 saturated carbocycles. The molecule has 27 heavy (non-hydrogen) atoms. The Labute approximate surface area is 165 Å². The van der Waals surface area contributed by atoms with E-state index < -0.39 is 6.04 Å². The molecule has 1 aliphatic rings. The molecule has 0 fully saturated rings. The molecule has 2 aromatic carbocycles. The maximum atomic E-state index is 12.6. The van der Waals surface area contributed by atoms with E-state index in [1.807, 2.05) is 45.9 Å². The number of carbonyl (C=O) groups excluding carboxylic acids is 1. The Bertz CT molecular complexity index is 854. The SMILES string of the molecule is CCOc1cc2c(cc1N[C@H](C)C(=O)Nc1cc(Cl)ccc1C)O[C@@H](C)C2. The maximum absolute atomic E-state index is 12.6. The van der Waals surface area contributed by atoms with Crippen molar-refractivity contribution in [1.29, 1.82) is 0 Å². The third-order valence-electron chi connectivity index (χ3n) is 4.52. The summed E-state index contributed by atoms with van der Waals surface area (Å²) >= 11 is 6.03. The second-order valence-corrected chi connectivity index (χ2v) is 7.27. The van der Waals surface area contributed by atoms with E-state index >= 15 is 0 Å². The molecule has 0 unspecified atom stereocenters. The predicted octanol–water partition coefficient (Wildman–Crippen LogP) is 4.81. The van der Waals surface area contributed by atoms with Crippen molar-refractivity contribution in [1.82, 2.24) is 0 Å². The lowest BCUT2D eigenvalue weighted by Gasteiger charge is -2.19. The molecule has 0 radical (unpaired) electrons. The molecule has 2 atom stereocenters. The van der Waals surface area contributed by atoms with E-state index in [1.165, 1.54) is 0 Å². The molecular formula is C21H25ClN2O3. The van der Waals surface area contributed by atoms with Crippen molar-refractivity contribution in [2.24, 2.45) is 0 Å². The van der Waals surface area contributed by atoms with Crippen LogP contribution in [0, 0.1) is 6.92 Å². The fraction of sp³-hybridized carbons (Fsp3) is 0.381. The Morgan fingerprint density at radius 2 is 2.11 bits per heavy atom. The van der Waals surface area contributed by atoms with Gasteiger partial charge >= 0.3 is 0 Å². The molecule has 0 spiro atoms. The first kappa shape index (κ1) is 19.4. The number of anilines is 2. The van der Waals surface area contributed by atoms with Gasteiger partial charge in [0.15, 0.2) is 0 Å². The predicted molar refractivity (Wildman–Crippen MR) is 109 cm³/mol. The van der Waals surface area contributed by atoms with Gasteiger partial charge in [0.05, 0.1) is 12.3 Å². The number of halogens is 1. The van der Waals surface area contributed by atoms with Crippen LogP contribution in [0.2, 0.25) is 5.02 Å². The first-order valence-electron chi connectivity index (χ1n) is 9.17. The molecular weight excluding hydrogens is 364 g/mol. The summed E-state index contributed by atoms with van der Waals surface area (Å²) < 4.78 is 11.6. The minimum absolute atomic E-state index is 0.149. The van der Waals surface area contributed by atoms with Crippen LogP contribution in [0.1, 0.15) is 31.9 Å². The minimum Gasteiger partial charge on any atom is -0.492 e. The van der Waals surface area contributed by atoms with Gasteiger partial charge in [-0.15, -0.1) is 0 Å². The fourth-order valence-electron chi connectivity index (χ4n) is 3.10. The van der Waals surface area contributed by atoms with Gasteiger partial charge in [-0.2, -0.15) is 0 Å². The average Bonchev–Trinajstić information content (AvgIpc) is 2.97. The van der Waals surface area contributed by atoms with Crippen LogP contribution in [0.25, 0.3) is 0 Å². The first-order valence-corrected chi connectivity index (χ1v) is 9.55. The fourth-order valence-corrected chi connectivity index (χ4v) is 3.27. The molecule has 1 amide bonds. The lowest BCUT2D eigenvalue weighted by Crippen LogP contribution is -2.32. The molecule has 0 saturated heterocycles. The number of aryl methyl sites for hydroxylation is 1. The van der Waals surface area contributed by atoms with Gasteiger partial charge in [-0.1, -0.05) is 17.7 Å². The van der Waals surface area contributed by atoms with Gasteiger partial charge in [-0.25, -0.2) is 0 Å². The smallest absolute Gasteiger partial charge is 0.246 e. The zero-order chi connectivity index (χ0) is 19.6. The molecule has 3 rings (SSSR count). The van der Waals surface area contributed by atoms with Crippen LogP contribution >= 0.6 is 11.6 Å². The number of hydrogen-bond donors (Lipinski definition) is 2. The van der Waals surface area contributed by atoms with E-state index in [0.29, 0.717) is 17.3 Å². The van der Waals surface area contributed by atoms with E-state index in [1.54, 1.807) is 12.1 Å². The number of hydrogen-bond acceptors (Lipinski definition) is 4. The molecule has 144 valence electrons. The monoisotopic (exact) mass is 388 g/mol. The summed E-state index contributed by atoms with van der Waals surface area (Å²) in [6, 6.07) is 8.86. The highest BCUT2D eigenvalue weighted by Crippen LogP contribution is 2.38. The number of rotatable bonds is 6. The number of amides is 1. The van der Waals surface area contributed by atoms with Crippen molar-refractivity contribution in [2.45, 2.75) is 46.3 Å². The summed E-state index contributed by atoms with van der Waals surface area (Å²) in [7, 11) is 0. The van der Waals surface area contributed by atoms with E-state index in [-0.39, 0.29) is 12.0 Å². The first-order chi connectivity index (χ1) is 12.9. The standard InChI is InChI=1S/C21H25ClN2O3/c1-5-26-20-9-15-8-13(3)27-19(15)11-18(20)23-14(4)21(25)24-17-10-16(22)7-6-12(17)2/h6-7,9-11,13-14,23H,5,8H2,1-4H3,(H,24,25)/t13-,14+/m0/s1. The van der Waals surface area contributed by atoms with E-state index in [9.17, 15) is 4.79 Å². The van der Waals surface area contributed by atoms with Gasteiger partial charge in [0.1, 0.15) is 23.6 Å². The molecule has 5 nitrogen and oxygen atoms in total.